The number of hydrogen-bond acceptors (Lipinski definition) is 1. The van der Waals surface area contributed by atoms with E-state index in [1.165, 1.54) is 12.8 Å². The Morgan fingerprint density at radius 3 is 2.75 bits per heavy atom. The fourth-order valence-corrected chi connectivity index (χ4v) is 1.14. The van der Waals surface area contributed by atoms with Crippen molar-refractivity contribution < 1.29 is 0 Å². The fraction of sp³-hybridized carbons (Fsp3) is 0.857. The van der Waals surface area contributed by atoms with E-state index in [1.807, 2.05) is 0 Å². The zero-order chi connectivity index (χ0) is 5.98. The molecule has 1 rings (SSSR count). The van der Waals surface area contributed by atoms with Crippen LogP contribution in [-0.2, 0) is 0 Å². The summed E-state index contributed by atoms with van der Waals surface area (Å²) in [5.41, 5.74) is 5.75. The fourth-order valence-electron chi connectivity index (χ4n) is 1.14. The highest BCUT2D eigenvalue weighted by molar-refractivity contribution is 4.83. The molecule has 0 aromatic rings. The molecule has 1 fully saturated rings. The van der Waals surface area contributed by atoms with Gasteiger partial charge in [-0.15, -0.1) is 0 Å². The standard InChI is InChI=1S/C7H14N/c1-6-4-2-3-5-7(6)8/h3,6-7H,2,4-5,8H2,1H3/t6-,7-/m0/s1. The third-order valence-electron chi connectivity index (χ3n) is 2.00. The molecule has 1 heteroatoms. The molecule has 0 heterocycles. The van der Waals surface area contributed by atoms with Crippen molar-refractivity contribution in [1.82, 2.24) is 0 Å². The quantitative estimate of drug-likeness (QED) is 0.502. The lowest BCUT2D eigenvalue weighted by Crippen LogP contribution is -2.31. The van der Waals surface area contributed by atoms with E-state index in [9.17, 15) is 0 Å². The van der Waals surface area contributed by atoms with Gasteiger partial charge in [0.05, 0.1) is 0 Å². The zero-order valence-electron chi connectivity index (χ0n) is 5.43. The van der Waals surface area contributed by atoms with Crippen molar-refractivity contribution in [1.29, 1.82) is 0 Å². The first kappa shape index (κ1) is 6.09. The molecule has 0 saturated heterocycles. The Kier molecular flexibility index (Phi) is 1.90. The van der Waals surface area contributed by atoms with Gasteiger partial charge >= 0.3 is 0 Å². The minimum atomic E-state index is 0.448. The molecule has 0 aliphatic heterocycles. The SMILES string of the molecule is C[C@H]1CC[CH]C[C@@H]1N. The molecule has 1 nitrogen and oxygen atoms in total. The molecule has 1 radical (unpaired) electrons. The van der Waals surface area contributed by atoms with Gasteiger partial charge in [-0.3, -0.25) is 0 Å². The largest absolute Gasteiger partial charge is 0.327 e. The maximum absolute atomic E-state index is 5.75. The normalized spacial score (nSPS) is 39.8. The van der Waals surface area contributed by atoms with E-state index in [0.717, 1.165) is 12.3 Å². The van der Waals surface area contributed by atoms with Gasteiger partial charge in [0.25, 0.3) is 0 Å². The average molecular weight is 112 g/mol. The lowest BCUT2D eigenvalue weighted by atomic mass is 9.87. The molecule has 8 heavy (non-hydrogen) atoms. The number of rotatable bonds is 0. The van der Waals surface area contributed by atoms with E-state index in [1.54, 1.807) is 0 Å². The van der Waals surface area contributed by atoms with Gasteiger partial charge < -0.3 is 5.73 Å². The first-order valence-corrected chi connectivity index (χ1v) is 3.38. The second-order valence-corrected chi connectivity index (χ2v) is 2.74. The van der Waals surface area contributed by atoms with Crippen LogP contribution >= 0.6 is 0 Å². The zero-order valence-corrected chi connectivity index (χ0v) is 5.43. The summed E-state index contributed by atoms with van der Waals surface area (Å²) in [5, 5.41) is 0. The Bertz CT molecular complexity index is 60.8. The summed E-state index contributed by atoms with van der Waals surface area (Å²) < 4.78 is 0. The second-order valence-electron chi connectivity index (χ2n) is 2.74. The lowest BCUT2D eigenvalue weighted by Gasteiger charge is -2.24. The topological polar surface area (TPSA) is 26.0 Å². The number of hydrogen-bond donors (Lipinski definition) is 1. The third-order valence-corrected chi connectivity index (χ3v) is 2.00. The summed E-state index contributed by atoms with van der Waals surface area (Å²) in [4.78, 5) is 0. The van der Waals surface area contributed by atoms with Gasteiger partial charge in [0.1, 0.15) is 0 Å². The maximum Gasteiger partial charge on any atom is 0.00672 e. The maximum atomic E-state index is 5.75. The highest BCUT2D eigenvalue weighted by atomic mass is 14.6. The minimum absolute atomic E-state index is 0.448. The van der Waals surface area contributed by atoms with Gasteiger partial charge in [-0.1, -0.05) is 6.92 Å². The van der Waals surface area contributed by atoms with Crippen LogP contribution in [0.4, 0.5) is 0 Å². The van der Waals surface area contributed by atoms with Gasteiger partial charge in [0.15, 0.2) is 0 Å². The molecular weight excluding hydrogens is 98.1 g/mol. The Morgan fingerprint density at radius 1 is 1.62 bits per heavy atom. The van der Waals surface area contributed by atoms with Crippen molar-refractivity contribution in [2.24, 2.45) is 11.7 Å². The van der Waals surface area contributed by atoms with E-state index < -0.39 is 0 Å². The van der Waals surface area contributed by atoms with Gasteiger partial charge in [-0.2, -0.15) is 0 Å². The Labute approximate surface area is 51.3 Å². The molecule has 0 spiro atoms. The summed E-state index contributed by atoms with van der Waals surface area (Å²) in [6.07, 6.45) is 5.99. The van der Waals surface area contributed by atoms with Gasteiger partial charge in [-0.05, 0) is 31.6 Å². The summed E-state index contributed by atoms with van der Waals surface area (Å²) in [6.45, 7) is 2.23. The molecular formula is C7H14N. The first-order valence-electron chi connectivity index (χ1n) is 3.38. The third kappa shape index (κ3) is 1.22. The molecule has 0 unspecified atom stereocenters. The Balaban J connectivity index is 2.28. The molecule has 1 aliphatic carbocycles. The Morgan fingerprint density at radius 2 is 2.38 bits per heavy atom. The van der Waals surface area contributed by atoms with E-state index in [-0.39, 0.29) is 0 Å². The minimum Gasteiger partial charge on any atom is -0.327 e. The molecule has 2 N–H and O–H groups in total. The van der Waals surface area contributed by atoms with Crippen LogP contribution in [0.25, 0.3) is 0 Å². The van der Waals surface area contributed by atoms with E-state index in [0.29, 0.717) is 6.04 Å². The smallest absolute Gasteiger partial charge is 0.00672 e. The Hall–Kier alpha value is -0.0400. The van der Waals surface area contributed by atoms with Gasteiger partial charge in [0.2, 0.25) is 0 Å². The van der Waals surface area contributed by atoms with Crippen LogP contribution in [0.5, 0.6) is 0 Å². The van der Waals surface area contributed by atoms with Crippen molar-refractivity contribution in [2.75, 3.05) is 0 Å². The molecule has 0 bridgehead atoms. The van der Waals surface area contributed by atoms with Crippen molar-refractivity contribution in [3.63, 3.8) is 0 Å². The molecule has 47 valence electrons. The first-order chi connectivity index (χ1) is 3.80. The van der Waals surface area contributed by atoms with E-state index in [2.05, 4.69) is 13.3 Å². The molecule has 2 atom stereocenters. The van der Waals surface area contributed by atoms with Crippen molar-refractivity contribution in [2.45, 2.75) is 32.2 Å². The van der Waals surface area contributed by atoms with E-state index >= 15 is 0 Å². The predicted octanol–water partition coefficient (Wildman–Crippen LogP) is 1.34. The van der Waals surface area contributed by atoms with Crippen LogP contribution in [0.15, 0.2) is 0 Å². The molecule has 0 amide bonds. The average Bonchev–Trinajstić information content (AvgIpc) is 1.77. The summed E-state index contributed by atoms with van der Waals surface area (Å²) in [7, 11) is 0. The van der Waals surface area contributed by atoms with Crippen LogP contribution < -0.4 is 5.73 Å². The van der Waals surface area contributed by atoms with Crippen LogP contribution in [0.1, 0.15) is 26.2 Å². The highest BCUT2D eigenvalue weighted by Gasteiger charge is 2.16. The van der Waals surface area contributed by atoms with E-state index in [4.69, 9.17) is 5.73 Å². The highest BCUT2D eigenvalue weighted by Crippen LogP contribution is 2.20. The van der Waals surface area contributed by atoms with Crippen LogP contribution in [0.3, 0.4) is 0 Å². The molecule has 1 aliphatic rings. The van der Waals surface area contributed by atoms with Crippen molar-refractivity contribution in [3.05, 3.63) is 6.42 Å². The van der Waals surface area contributed by atoms with Crippen LogP contribution in [0, 0.1) is 12.3 Å². The molecule has 0 aromatic carbocycles. The van der Waals surface area contributed by atoms with Gasteiger partial charge in [-0.25, -0.2) is 0 Å². The van der Waals surface area contributed by atoms with Crippen LogP contribution in [0.2, 0.25) is 0 Å². The summed E-state index contributed by atoms with van der Waals surface area (Å²) in [6, 6.07) is 0.448. The lowest BCUT2D eigenvalue weighted by molar-refractivity contribution is 0.377. The summed E-state index contributed by atoms with van der Waals surface area (Å²) in [5.74, 6) is 0.750. The molecule has 1 saturated carbocycles. The van der Waals surface area contributed by atoms with Gasteiger partial charge in [0, 0.05) is 6.04 Å². The predicted molar refractivity (Wildman–Crippen MR) is 35.3 cm³/mol. The van der Waals surface area contributed by atoms with Crippen molar-refractivity contribution in [3.8, 4) is 0 Å². The van der Waals surface area contributed by atoms with Crippen molar-refractivity contribution >= 4 is 0 Å². The summed E-state index contributed by atoms with van der Waals surface area (Å²) >= 11 is 0. The second kappa shape index (κ2) is 2.49. The monoisotopic (exact) mass is 112 g/mol. The number of nitrogens with two attached hydrogens (primary N) is 1. The molecule has 0 aromatic heterocycles. The van der Waals surface area contributed by atoms with Crippen LogP contribution in [-0.4, -0.2) is 6.04 Å².